The second kappa shape index (κ2) is 7.00. The fourth-order valence-electron chi connectivity index (χ4n) is 1.70. The molecule has 5 heteroatoms. The predicted molar refractivity (Wildman–Crippen MR) is 90.6 cm³/mol. The van der Waals surface area contributed by atoms with E-state index >= 15 is 0 Å². The number of nitrogens with one attached hydrogen (secondary N) is 1. The van der Waals surface area contributed by atoms with Crippen molar-refractivity contribution in [2.24, 2.45) is 0 Å². The van der Waals surface area contributed by atoms with Gasteiger partial charge in [-0.15, -0.1) is 0 Å². The van der Waals surface area contributed by atoms with Crippen LogP contribution < -0.4 is 5.32 Å². The highest BCUT2D eigenvalue weighted by atomic mass is 79.9. The Bertz CT molecular complexity index is 713. The van der Waals surface area contributed by atoms with Crippen molar-refractivity contribution >= 4 is 49.5 Å². The van der Waals surface area contributed by atoms with Gasteiger partial charge in [-0.2, -0.15) is 0 Å². The van der Waals surface area contributed by atoms with Gasteiger partial charge >= 0.3 is 0 Å². The highest BCUT2D eigenvalue weighted by Gasteiger charge is 2.04. The zero-order valence-corrected chi connectivity index (χ0v) is 14.3. The number of hydrogen-bond donors (Lipinski definition) is 1. The lowest BCUT2D eigenvalue weighted by molar-refractivity contribution is -0.111. The molecule has 0 aromatic heterocycles. The van der Waals surface area contributed by atoms with Crippen molar-refractivity contribution in [1.29, 1.82) is 0 Å². The third-order valence-corrected chi connectivity index (χ3v) is 3.90. The average Bonchev–Trinajstić information content (AvgIpc) is 2.43. The molecule has 2 nitrogen and oxygen atoms in total. The van der Waals surface area contributed by atoms with Gasteiger partial charge in [-0.1, -0.05) is 22.0 Å². The quantitative estimate of drug-likeness (QED) is 0.680. The second-order valence-corrected chi connectivity index (χ2v) is 6.24. The first kappa shape index (κ1) is 15.9. The first-order valence-electron chi connectivity index (χ1n) is 6.16. The highest BCUT2D eigenvalue weighted by Crippen LogP contribution is 2.23. The van der Waals surface area contributed by atoms with Gasteiger partial charge in [0.15, 0.2) is 0 Å². The number of hydrogen-bond acceptors (Lipinski definition) is 1. The first-order chi connectivity index (χ1) is 9.95. The number of amides is 1. The molecule has 0 radical (unpaired) electrons. The Labute approximate surface area is 139 Å². The fraction of sp³-hybridized carbons (Fsp3) is 0.0625. The Hall–Kier alpha value is -1.46. The first-order valence-corrected chi connectivity index (χ1v) is 7.74. The molecule has 0 spiro atoms. The van der Waals surface area contributed by atoms with Crippen molar-refractivity contribution in [1.82, 2.24) is 0 Å². The Morgan fingerprint density at radius 2 is 1.95 bits per heavy atom. The normalized spacial score (nSPS) is 10.9. The molecule has 1 N–H and O–H groups in total. The van der Waals surface area contributed by atoms with E-state index in [1.54, 1.807) is 12.1 Å². The molecular weight excluding hydrogens is 401 g/mol. The summed E-state index contributed by atoms with van der Waals surface area (Å²) in [5.74, 6) is -0.697. The largest absolute Gasteiger partial charge is 0.321 e. The Balaban J connectivity index is 2.11. The van der Waals surface area contributed by atoms with Crippen LogP contribution >= 0.6 is 31.9 Å². The van der Waals surface area contributed by atoms with Gasteiger partial charge in [-0.05, 0) is 64.8 Å². The molecule has 0 saturated heterocycles. The highest BCUT2D eigenvalue weighted by molar-refractivity contribution is 9.10. The standard InChI is InChI=1S/C16H12Br2FNO/c1-10-2-6-15(13(18)8-10)20-16(21)7-3-11-9-12(17)4-5-14(11)19/h2-9H,1H3,(H,20,21)/b7-3+. The molecule has 0 aliphatic rings. The second-order valence-electron chi connectivity index (χ2n) is 4.47. The molecule has 108 valence electrons. The molecule has 21 heavy (non-hydrogen) atoms. The lowest BCUT2D eigenvalue weighted by Gasteiger charge is -2.06. The molecule has 0 fully saturated rings. The third kappa shape index (κ3) is 4.51. The van der Waals surface area contributed by atoms with E-state index in [1.807, 2.05) is 25.1 Å². The SMILES string of the molecule is Cc1ccc(NC(=O)/C=C/c2cc(Br)ccc2F)c(Br)c1. The van der Waals surface area contributed by atoms with Crippen LogP contribution in [0.15, 0.2) is 51.4 Å². The summed E-state index contributed by atoms with van der Waals surface area (Å²) in [5.41, 5.74) is 2.11. The van der Waals surface area contributed by atoms with Crippen LogP contribution in [-0.4, -0.2) is 5.91 Å². The average molecular weight is 413 g/mol. The van der Waals surface area contributed by atoms with Crippen LogP contribution in [0.1, 0.15) is 11.1 Å². The van der Waals surface area contributed by atoms with Crippen LogP contribution in [-0.2, 0) is 4.79 Å². The maximum absolute atomic E-state index is 13.5. The lowest BCUT2D eigenvalue weighted by Crippen LogP contribution is -2.08. The van der Waals surface area contributed by atoms with E-state index in [2.05, 4.69) is 37.2 Å². The Kier molecular flexibility index (Phi) is 5.31. The number of halogens is 3. The van der Waals surface area contributed by atoms with Gasteiger partial charge in [0.1, 0.15) is 5.82 Å². The van der Waals surface area contributed by atoms with E-state index in [-0.39, 0.29) is 11.7 Å². The van der Waals surface area contributed by atoms with Crippen molar-refractivity contribution in [2.45, 2.75) is 6.92 Å². The molecule has 2 aromatic rings. The van der Waals surface area contributed by atoms with Gasteiger partial charge in [-0.25, -0.2) is 4.39 Å². The van der Waals surface area contributed by atoms with Gasteiger partial charge in [0, 0.05) is 20.6 Å². The summed E-state index contributed by atoms with van der Waals surface area (Å²) >= 11 is 6.65. The zero-order valence-electron chi connectivity index (χ0n) is 11.2. The predicted octanol–water partition coefficient (Wildman–Crippen LogP) is 5.31. The molecule has 0 saturated carbocycles. The van der Waals surface area contributed by atoms with E-state index in [0.29, 0.717) is 11.3 Å². The number of aryl methyl sites for hydroxylation is 1. The van der Waals surface area contributed by atoms with Crippen LogP contribution in [0.2, 0.25) is 0 Å². The summed E-state index contributed by atoms with van der Waals surface area (Å²) in [6.07, 6.45) is 2.74. The van der Waals surface area contributed by atoms with E-state index in [4.69, 9.17) is 0 Å². The number of rotatable bonds is 3. The molecule has 0 atom stereocenters. The Morgan fingerprint density at radius 3 is 2.67 bits per heavy atom. The number of carbonyl (C=O) groups excluding carboxylic acids is 1. The molecule has 0 aliphatic heterocycles. The maximum Gasteiger partial charge on any atom is 0.248 e. The Morgan fingerprint density at radius 1 is 1.19 bits per heavy atom. The van der Waals surface area contributed by atoms with E-state index in [9.17, 15) is 9.18 Å². The van der Waals surface area contributed by atoms with E-state index in [1.165, 1.54) is 18.2 Å². The van der Waals surface area contributed by atoms with Crippen molar-refractivity contribution in [3.63, 3.8) is 0 Å². The molecule has 1 amide bonds. The van der Waals surface area contributed by atoms with Crippen LogP contribution in [0.25, 0.3) is 6.08 Å². The smallest absolute Gasteiger partial charge is 0.248 e. The van der Waals surface area contributed by atoms with Gasteiger partial charge in [0.2, 0.25) is 5.91 Å². The summed E-state index contributed by atoms with van der Waals surface area (Å²) in [4.78, 5) is 11.9. The molecule has 0 bridgehead atoms. The van der Waals surface area contributed by atoms with E-state index in [0.717, 1.165) is 14.5 Å². The topological polar surface area (TPSA) is 29.1 Å². The minimum absolute atomic E-state index is 0.320. The van der Waals surface area contributed by atoms with Gasteiger partial charge < -0.3 is 5.32 Å². The zero-order chi connectivity index (χ0) is 15.4. The maximum atomic E-state index is 13.5. The van der Waals surface area contributed by atoms with Crippen LogP contribution in [0.3, 0.4) is 0 Å². The summed E-state index contributed by atoms with van der Waals surface area (Å²) in [6, 6.07) is 10.2. The van der Waals surface area contributed by atoms with Crippen LogP contribution in [0.4, 0.5) is 10.1 Å². The summed E-state index contributed by atoms with van der Waals surface area (Å²) < 4.78 is 15.1. The van der Waals surface area contributed by atoms with E-state index < -0.39 is 0 Å². The number of anilines is 1. The summed E-state index contributed by atoms with van der Waals surface area (Å²) in [7, 11) is 0. The van der Waals surface area contributed by atoms with Crippen LogP contribution in [0.5, 0.6) is 0 Å². The number of carbonyl (C=O) groups is 1. The summed E-state index contributed by atoms with van der Waals surface area (Å²) in [5, 5.41) is 2.73. The van der Waals surface area contributed by atoms with Crippen LogP contribution in [0, 0.1) is 12.7 Å². The molecular formula is C16H12Br2FNO. The number of benzene rings is 2. The third-order valence-electron chi connectivity index (χ3n) is 2.75. The molecule has 0 aliphatic carbocycles. The van der Waals surface area contributed by atoms with Crippen molar-refractivity contribution < 1.29 is 9.18 Å². The van der Waals surface area contributed by atoms with Crippen molar-refractivity contribution in [3.05, 3.63) is 68.4 Å². The van der Waals surface area contributed by atoms with Gasteiger partial charge in [0.25, 0.3) is 0 Å². The minimum Gasteiger partial charge on any atom is -0.321 e. The van der Waals surface area contributed by atoms with Gasteiger partial charge in [-0.3, -0.25) is 4.79 Å². The fourth-order valence-corrected chi connectivity index (χ4v) is 2.67. The molecule has 0 heterocycles. The van der Waals surface area contributed by atoms with Gasteiger partial charge in [0.05, 0.1) is 5.69 Å². The molecule has 2 rings (SSSR count). The molecule has 2 aromatic carbocycles. The minimum atomic E-state index is -0.376. The lowest BCUT2D eigenvalue weighted by atomic mass is 10.2. The van der Waals surface area contributed by atoms with Crippen molar-refractivity contribution in [2.75, 3.05) is 5.32 Å². The molecule has 0 unspecified atom stereocenters. The monoisotopic (exact) mass is 411 g/mol. The summed E-state index contributed by atoms with van der Waals surface area (Å²) in [6.45, 7) is 1.96. The van der Waals surface area contributed by atoms with Crippen molar-refractivity contribution in [3.8, 4) is 0 Å².